The predicted octanol–water partition coefficient (Wildman–Crippen LogP) is 2.29. The number of benzene rings is 1. The molecule has 1 aliphatic carbocycles. The van der Waals surface area contributed by atoms with Crippen LogP contribution in [0.1, 0.15) is 21.5 Å². The lowest BCUT2D eigenvalue weighted by molar-refractivity contribution is -0.132. The molecule has 0 saturated heterocycles. The van der Waals surface area contributed by atoms with Gasteiger partial charge >= 0.3 is 5.97 Å². The first kappa shape index (κ1) is 11.6. The molecule has 0 saturated carbocycles. The normalized spacial score (nSPS) is 14.2. The molecule has 3 rings (SSSR count). The maximum atomic E-state index is 12.1. The van der Waals surface area contributed by atoms with Gasteiger partial charge in [-0.15, -0.1) is 0 Å². The Balaban J connectivity index is 2.25. The van der Waals surface area contributed by atoms with E-state index in [2.05, 4.69) is 4.98 Å². The topological polar surface area (TPSA) is 67.3 Å². The van der Waals surface area contributed by atoms with Crippen molar-refractivity contribution in [2.24, 2.45) is 0 Å². The number of pyridine rings is 1. The van der Waals surface area contributed by atoms with Crippen molar-refractivity contribution < 1.29 is 14.7 Å². The first-order chi connectivity index (χ1) is 9.08. The zero-order chi connectivity index (χ0) is 13.6. The van der Waals surface area contributed by atoms with Crippen molar-refractivity contribution in [1.82, 2.24) is 4.98 Å². The lowest BCUT2D eigenvalue weighted by Gasteiger charge is -2.15. The number of hydrogen-bond acceptors (Lipinski definition) is 3. The van der Waals surface area contributed by atoms with E-state index in [1.165, 1.54) is 6.08 Å². The van der Waals surface area contributed by atoms with E-state index in [4.69, 9.17) is 5.11 Å². The molecule has 0 unspecified atom stereocenters. The highest BCUT2D eigenvalue weighted by Crippen LogP contribution is 2.28. The minimum atomic E-state index is -1.17. The molecule has 0 amide bonds. The van der Waals surface area contributed by atoms with Crippen molar-refractivity contribution in [2.45, 2.75) is 13.3 Å². The second-order valence-corrected chi connectivity index (χ2v) is 4.63. The molecular weight excluding hydrogens is 242 g/mol. The van der Waals surface area contributed by atoms with Crippen molar-refractivity contribution in [3.63, 3.8) is 0 Å². The number of ketones is 1. The maximum Gasteiger partial charge on any atom is 0.339 e. The second kappa shape index (κ2) is 4.02. The van der Waals surface area contributed by atoms with Crippen molar-refractivity contribution in [3.8, 4) is 0 Å². The molecule has 0 fully saturated rings. The number of hydrogen-bond donors (Lipinski definition) is 1. The molecule has 1 aromatic heterocycles. The number of nitrogens with zero attached hydrogens (tertiary/aromatic N) is 1. The van der Waals surface area contributed by atoms with Crippen LogP contribution >= 0.6 is 0 Å². The predicted molar refractivity (Wildman–Crippen MR) is 70.2 cm³/mol. The summed E-state index contributed by atoms with van der Waals surface area (Å²) in [6.07, 6.45) is 3.65. The summed E-state index contributed by atoms with van der Waals surface area (Å²) in [6, 6.07) is 5.51. The van der Waals surface area contributed by atoms with Gasteiger partial charge in [0.15, 0.2) is 5.78 Å². The van der Waals surface area contributed by atoms with E-state index in [9.17, 15) is 9.59 Å². The number of rotatable bonds is 1. The summed E-state index contributed by atoms with van der Waals surface area (Å²) in [5.41, 5.74) is 2.93. The first-order valence-corrected chi connectivity index (χ1v) is 5.94. The third-order valence-electron chi connectivity index (χ3n) is 3.32. The molecule has 4 heteroatoms. The zero-order valence-electron chi connectivity index (χ0n) is 10.3. The van der Waals surface area contributed by atoms with E-state index in [0.29, 0.717) is 12.0 Å². The van der Waals surface area contributed by atoms with Crippen LogP contribution in [0.2, 0.25) is 0 Å². The van der Waals surface area contributed by atoms with Gasteiger partial charge in [-0.3, -0.25) is 9.78 Å². The van der Waals surface area contributed by atoms with Crippen LogP contribution in [0.25, 0.3) is 10.9 Å². The number of carboxylic acid groups (broad SMARTS) is 1. The van der Waals surface area contributed by atoms with Gasteiger partial charge in [-0.2, -0.15) is 0 Å². The standard InChI is InChI=1S/C15H11NO3/c1-8-6-9-2-3-11-10(13(9)16-7-8)4-5-12(14(11)17)15(18)19/h2-3,5-7H,4H2,1H3,(H,18,19). The Kier molecular flexibility index (Phi) is 2.45. The monoisotopic (exact) mass is 253 g/mol. The summed E-state index contributed by atoms with van der Waals surface area (Å²) in [6.45, 7) is 1.96. The number of allylic oxidation sites excluding steroid dienone is 1. The van der Waals surface area contributed by atoms with Gasteiger partial charge in [0.1, 0.15) is 5.57 Å². The minimum absolute atomic E-state index is 0.154. The van der Waals surface area contributed by atoms with Crippen LogP contribution in [0.15, 0.2) is 36.0 Å². The number of Topliss-reactive ketones (excluding diaryl/α,β-unsaturated/α-hetero) is 1. The fourth-order valence-electron chi connectivity index (χ4n) is 2.42. The van der Waals surface area contributed by atoms with Gasteiger partial charge in [-0.25, -0.2) is 4.79 Å². The number of fused-ring (bicyclic) bond motifs is 3. The Morgan fingerprint density at radius 3 is 2.89 bits per heavy atom. The fraction of sp³-hybridized carbons (Fsp3) is 0.133. The van der Waals surface area contributed by atoms with Crippen LogP contribution in [-0.4, -0.2) is 21.8 Å². The van der Waals surface area contributed by atoms with Gasteiger partial charge in [0.05, 0.1) is 5.52 Å². The molecule has 19 heavy (non-hydrogen) atoms. The Bertz CT molecular complexity index is 759. The SMILES string of the molecule is Cc1cnc2c3c(ccc2c1)C(=O)C(C(=O)O)=CC3. The number of aliphatic carboxylic acids is 1. The highest BCUT2D eigenvalue weighted by atomic mass is 16.4. The Labute approximate surface area is 109 Å². The molecule has 1 N–H and O–H groups in total. The van der Waals surface area contributed by atoms with Crippen molar-refractivity contribution in [3.05, 3.63) is 52.7 Å². The summed E-state index contributed by atoms with van der Waals surface area (Å²) >= 11 is 0. The van der Waals surface area contributed by atoms with Gasteiger partial charge < -0.3 is 5.11 Å². The fourth-order valence-corrected chi connectivity index (χ4v) is 2.42. The second-order valence-electron chi connectivity index (χ2n) is 4.63. The molecule has 0 aliphatic heterocycles. The number of aromatic nitrogens is 1. The van der Waals surface area contributed by atoms with Crippen molar-refractivity contribution >= 4 is 22.7 Å². The maximum absolute atomic E-state index is 12.1. The molecule has 1 heterocycles. The van der Waals surface area contributed by atoms with Crippen LogP contribution in [0.4, 0.5) is 0 Å². The van der Waals surface area contributed by atoms with Gasteiger partial charge in [-0.1, -0.05) is 12.1 Å². The van der Waals surface area contributed by atoms with Crippen LogP contribution in [0.3, 0.4) is 0 Å². The molecule has 0 bridgehead atoms. The van der Waals surface area contributed by atoms with Crippen molar-refractivity contribution in [2.75, 3.05) is 0 Å². The third kappa shape index (κ3) is 1.73. The number of carbonyl (C=O) groups excluding carboxylic acids is 1. The lowest BCUT2D eigenvalue weighted by atomic mass is 9.88. The highest BCUT2D eigenvalue weighted by Gasteiger charge is 2.26. The molecular formula is C15H11NO3. The number of aryl methyl sites for hydroxylation is 1. The van der Waals surface area contributed by atoms with E-state index in [1.807, 2.05) is 19.1 Å². The first-order valence-electron chi connectivity index (χ1n) is 5.94. The van der Waals surface area contributed by atoms with Gasteiger partial charge in [0, 0.05) is 17.1 Å². The highest BCUT2D eigenvalue weighted by molar-refractivity contribution is 6.25. The Morgan fingerprint density at radius 2 is 2.16 bits per heavy atom. The van der Waals surface area contributed by atoms with Crippen molar-refractivity contribution in [1.29, 1.82) is 0 Å². The third-order valence-corrected chi connectivity index (χ3v) is 3.32. The largest absolute Gasteiger partial charge is 0.478 e. The van der Waals surface area contributed by atoms with Gasteiger partial charge in [0.25, 0.3) is 0 Å². The molecule has 1 aliphatic rings. The molecule has 2 aromatic rings. The van der Waals surface area contributed by atoms with E-state index in [0.717, 1.165) is 22.0 Å². The summed E-state index contributed by atoms with van der Waals surface area (Å²) in [5, 5.41) is 9.95. The molecule has 0 radical (unpaired) electrons. The smallest absolute Gasteiger partial charge is 0.339 e. The van der Waals surface area contributed by atoms with Crippen LogP contribution < -0.4 is 0 Å². The molecule has 94 valence electrons. The quantitative estimate of drug-likeness (QED) is 0.792. The summed E-state index contributed by atoms with van der Waals surface area (Å²) in [5.74, 6) is -1.61. The average Bonchev–Trinajstić information content (AvgIpc) is 2.38. The molecule has 1 aromatic carbocycles. The molecule has 0 atom stereocenters. The molecule has 4 nitrogen and oxygen atoms in total. The average molecular weight is 253 g/mol. The van der Waals surface area contributed by atoms with E-state index >= 15 is 0 Å². The number of carbonyl (C=O) groups is 2. The van der Waals surface area contributed by atoms with E-state index in [-0.39, 0.29) is 5.57 Å². The van der Waals surface area contributed by atoms with E-state index in [1.54, 1.807) is 12.3 Å². The summed E-state index contributed by atoms with van der Waals surface area (Å²) in [4.78, 5) is 27.4. The zero-order valence-corrected chi connectivity index (χ0v) is 10.3. The van der Waals surface area contributed by atoms with Gasteiger partial charge in [-0.05, 0) is 36.6 Å². The van der Waals surface area contributed by atoms with Gasteiger partial charge in [0.2, 0.25) is 0 Å². The minimum Gasteiger partial charge on any atom is -0.478 e. The summed E-state index contributed by atoms with van der Waals surface area (Å²) < 4.78 is 0. The lowest BCUT2D eigenvalue weighted by Crippen LogP contribution is -2.18. The summed E-state index contributed by atoms with van der Waals surface area (Å²) in [7, 11) is 0. The van der Waals surface area contributed by atoms with Crippen LogP contribution in [0.5, 0.6) is 0 Å². The van der Waals surface area contributed by atoms with E-state index < -0.39 is 11.8 Å². The number of carboxylic acids is 1. The van der Waals surface area contributed by atoms with Crippen LogP contribution in [0, 0.1) is 6.92 Å². The molecule has 0 spiro atoms. The Morgan fingerprint density at radius 1 is 1.37 bits per heavy atom. The van der Waals surface area contributed by atoms with Crippen LogP contribution in [-0.2, 0) is 11.2 Å². The Hall–Kier alpha value is -2.49.